The van der Waals surface area contributed by atoms with Gasteiger partial charge in [0.2, 0.25) is 10.0 Å². The van der Waals surface area contributed by atoms with Gasteiger partial charge in [0.25, 0.3) is 0 Å². The Hall–Kier alpha value is -2.55. The summed E-state index contributed by atoms with van der Waals surface area (Å²) < 4.78 is 26.7. The van der Waals surface area contributed by atoms with Crippen LogP contribution in [-0.4, -0.2) is 67.8 Å². The van der Waals surface area contributed by atoms with Crippen LogP contribution < -0.4 is 9.62 Å². The number of aromatic nitrogens is 2. The van der Waals surface area contributed by atoms with Crippen molar-refractivity contribution in [1.82, 2.24) is 19.6 Å². The number of anilines is 1. The van der Waals surface area contributed by atoms with Crippen molar-refractivity contribution in [3.63, 3.8) is 0 Å². The van der Waals surface area contributed by atoms with Gasteiger partial charge in [-0.05, 0) is 101 Å². The largest absolute Gasteiger partial charge is 0.355 e. The quantitative estimate of drug-likeness (QED) is 0.404. The predicted octanol–water partition coefficient (Wildman–Crippen LogP) is 4.82. The highest BCUT2D eigenvalue weighted by molar-refractivity contribution is 7.89. The van der Waals surface area contributed by atoms with Crippen LogP contribution in [-0.2, 0) is 22.9 Å². The van der Waals surface area contributed by atoms with E-state index in [2.05, 4.69) is 68.0 Å². The molecule has 1 aromatic heterocycles. The molecule has 8 heteroatoms. The standard InChI is InChI=1S/C32H43N5O2S/c1-2-40(38,39)35-28-13-10-27(11-14-28)21-36-18-16-32(17-19-36)22-37(23-32)31-29-20-26(12-15-30(29)33-24-34-31)9-8-25-6-4-3-5-7-25/h3-7,12,15,20,24,27-28,35H,2,8-11,13-14,16-19,21-23H2,1H3. The molecule has 3 fully saturated rings. The first kappa shape index (κ1) is 27.6. The van der Waals surface area contributed by atoms with Crippen molar-refractivity contribution >= 4 is 26.7 Å². The second-order valence-electron chi connectivity index (χ2n) is 12.4. The van der Waals surface area contributed by atoms with Crippen molar-refractivity contribution in [2.24, 2.45) is 11.3 Å². The molecule has 1 aliphatic carbocycles. The molecule has 2 aromatic carbocycles. The van der Waals surface area contributed by atoms with Crippen molar-refractivity contribution in [1.29, 1.82) is 0 Å². The van der Waals surface area contributed by atoms with Gasteiger partial charge in [-0.25, -0.2) is 23.1 Å². The normalized spacial score (nSPS) is 23.4. The van der Waals surface area contributed by atoms with Crippen LogP contribution in [0.3, 0.4) is 0 Å². The lowest BCUT2D eigenvalue weighted by Crippen LogP contribution is -2.61. The fourth-order valence-electron chi connectivity index (χ4n) is 7.04. The molecule has 3 heterocycles. The fraction of sp³-hybridized carbons (Fsp3) is 0.562. The minimum atomic E-state index is -3.10. The third-order valence-electron chi connectivity index (χ3n) is 9.58. The van der Waals surface area contributed by atoms with Gasteiger partial charge in [0, 0.05) is 36.5 Å². The Bertz CT molecular complexity index is 1390. The summed E-state index contributed by atoms with van der Waals surface area (Å²) in [7, 11) is -3.10. The summed E-state index contributed by atoms with van der Waals surface area (Å²) in [5.41, 5.74) is 4.15. The number of benzene rings is 2. The lowest BCUT2D eigenvalue weighted by molar-refractivity contribution is 0.0621. The van der Waals surface area contributed by atoms with Crippen molar-refractivity contribution in [2.45, 2.75) is 64.3 Å². The maximum absolute atomic E-state index is 11.9. The Kier molecular flexibility index (Phi) is 8.11. The Morgan fingerprint density at radius 1 is 0.925 bits per heavy atom. The number of aryl methyl sites for hydroxylation is 2. The van der Waals surface area contributed by atoms with E-state index >= 15 is 0 Å². The number of rotatable bonds is 9. The maximum Gasteiger partial charge on any atom is 0.211 e. The summed E-state index contributed by atoms with van der Waals surface area (Å²) in [5.74, 6) is 1.95. The van der Waals surface area contributed by atoms with Crippen LogP contribution in [0.15, 0.2) is 54.9 Å². The highest BCUT2D eigenvalue weighted by atomic mass is 32.2. The van der Waals surface area contributed by atoms with E-state index in [1.165, 1.54) is 42.4 Å². The highest BCUT2D eigenvalue weighted by Crippen LogP contribution is 2.44. The Morgan fingerprint density at radius 3 is 2.38 bits per heavy atom. The smallest absolute Gasteiger partial charge is 0.211 e. The molecule has 1 saturated carbocycles. The first-order valence-corrected chi connectivity index (χ1v) is 16.8. The zero-order chi connectivity index (χ0) is 27.6. The number of nitrogens with one attached hydrogen (secondary N) is 1. The van der Waals surface area contributed by atoms with Gasteiger partial charge >= 0.3 is 0 Å². The maximum atomic E-state index is 11.9. The number of sulfonamides is 1. The van der Waals surface area contributed by atoms with Gasteiger partial charge in [-0.2, -0.15) is 0 Å². The molecule has 6 rings (SSSR count). The molecule has 0 radical (unpaired) electrons. The van der Waals surface area contributed by atoms with Crippen LogP contribution in [0, 0.1) is 11.3 Å². The molecule has 7 nitrogen and oxygen atoms in total. The Labute approximate surface area is 239 Å². The zero-order valence-corrected chi connectivity index (χ0v) is 24.6. The first-order chi connectivity index (χ1) is 19.4. The summed E-state index contributed by atoms with van der Waals surface area (Å²) >= 11 is 0. The van der Waals surface area contributed by atoms with Gasteiger partial charge in [-0.3, -0.25) is 0 Å². The average molecular weight is 562 g/mol. The van der Waals surface area contributed by atoms with E-state index < -0.39 is 10.0 Å². The molecular weight excluding hydrogens is 518 g/mol. The molecule has 3 aliphatic rings. The third-order valence-corrected chi connectivity index (χ3v) is 11.0. The molecule has 1 N–H and O–H groups in total. The van der Waals surface area contributed by atoms with Crippen LogP contribution in [0.5, 0.6) is 0 Å². The lowest BCUT2D eigenvalue weighted by Gasteiger charge is -2.55. The summed E-state index contributed by atoms with van der Waals surface area (Å²) in [6, 6.07) is 17.5. The summed E-state index contributed by atoms with van der Waals surface area (Å²) in [4.78, 5) is 14.4. The Morgan fingerprint density at radius 2 is 1.65 bits per heavy atom. The fourth-order valence-corrected chi connectivity index (χ4v) is 7.95. The van der Waals surface area contributed by atoms with Gasteiger partial charge in [0.15, 0.2) is 0 Å². The van der Waals surface area contributed by atoms with E-state index in [-0.39, 0.29) is 11.8 Å². The van der Waals surface area contributed by atoms with E-state index in [1.807, 2.05) is 0 Å². The summed E-state index contributed by atoms with van der Waals surface area (Å²) in [6.45, 7) is 7.39. The molecule has 40 heavy (non-hydrogen) atoms. The van der Waals surface area contributed by atoms with Crippen molar-refractivity contribution in [3.8, 4) is 0 Å². The summed E-state index contributed by atoms with van der Waals surface area (Å²) in [5, 5.41) is 1.18. The molecular formula is C32H43N5O2S. The van der Waals surface area contributed by atoms with Gasteiger partial charge in [-0.15, -0.1) is 0 Å². The molecule has 2 saturated heterocycles. The average Bonchev–Trinajstić information content (AvgIpc) is 2.96. The van der Waals surface area contributed by atoms with Crippen LogP contribution in [0.4, 0.5) is 5.82 Å². The molecule has 3 aromatic rings. The molecule has 2 aliphatic heterocycles. The van der Waals surface area contributed by atoms with E-state index in [9.17, 15) is 8.42 Å². The van der Waals surface area contributed by atoms with E-state index in [0.717, 1.165) is 69.5 Å². The minimum absolute atomic E-state index is 0.129. The molecule has 0 unspecified atom stereocenters. The summed E-state index contributed by atoms with van der Waals surface area (Å²) in [6.07, 6.45) is 10.5. The van der Waals surface area contributed by atoms with Crippen LogP contribution in [0.1, 0.15) is 56.6 Å². The van der Waals surface area contributed by atoms with E-state index in [0.29, 0.717) is 11.3 Å². The molecule has 1 spiro atoms. The van der Waals surface area contributed by atoms with Crippen LogP contribution in [0.25, 0.3) is 10.9 Å². The third kappa shape index (κ3) is 6.34. The second-order valence-corrected chi connectivity index (χ2v) is 14.5. The molecule has 0 bridgehead atoms. The van der Waals surface area contributed by atoms with E-state index in [1.54, 1.807) is 13.3 Å². The Balaban J connectivity index is 1.00. The van der Waals surface area contributed by atoms with E-state index in [4.69, 9.17) is 4.98 Å². The number of hydrogen-bond donors (Lipinski definition) is 1. The molecule has 214 valence electrons. The molecule has 0 atom stereocenters. The number of nitrogens with zero attached hydrogens (tertiary/aromatic N) is 4. The van der Waals surface area contributed by atoms with Crippen LogP contribution >= 0.6 is 0 Å². The predicted molar refractivity (Wildman–Crippen MR) is 162 cm³/mol. The molecule has 0 amide bonds. The SMILES string of the molecule is CCS(=O)(=O)NC1CCC(CN2CCC3(CC2)CN(c2ncnc4ccc(CCc5ccccc5)cc24)C3)CC1. The van der Waals surface area contributed by atoms with Crippen molar-refractivity contribution in [2.75, 3.05) is 43.4 Å². The topological polar surface area (TPSA) is 78.4 Å². The number of hydrogen-bond acceptors (Lipinski definition) is 6. The second kappa shape index (κ2) is 11.7. The monoisotopic (exact) mass is 561 g/mol. The van der Waals surface area contributed by atoms with Gasteiger partial charge in [-0.1, -0.05) is 36.4 Å². The first-order valence-electron chi connectivity index (χ1n) is 15.2. The lowest BCUT2D eigenvalue weighted by atomic mass is 9.71. The zero-order valence-electron chi connectivity index (χ0n) is 23.8. The van der Waals surface area contributed by atoms with Gasteiger partial charge in [0.05, 0.1) is 11.3 Å². The van der Waals surface area contributed by atoms with Crippen molar-refractivity contribution in [3.05, 3.63) is 66.0 Å². The van der Waals surface area contributed by atoms with Gasteiger partial charge in [0.1, 0.15) is 12.1 Å². The number of piperidine rings is 1. The number of likely N-dealkylation sites (tertiary alicyclic amines) is 1. The minimum Gasteiger partial charge on any atom is -0.355 e. The van der Waals surface area contributed by atoms with Crippen LogP contribution in [0.2, 0.25) is 0 Å². The number of fused-ring (bicyclic) bond motifs is 1. The highest BCUT2D eigenvalue weighted by Gasteiger charge is 2.46. The van der Waals surface area contributed by atoms with Crippen molar-refractivity contribution < 1.29 is 8.42 Å². The van der Waals surface area contributed by atoms with Gasteiger partial charge < -0.3 is 9.80 Å².